The molecule has 122 valence electrons. The lowest BCUT2D eigenvalue weighted by Crippen LogP contribution is -2.18. The Hall–Kier alpha value is -1.83. The first-order valence-electron chi connectivity index (χ1n) is 8.61. The number of halogens is 1. The van der Waals surface area contributed by atoms with E-state index in [1.54, 1.807) is 13.0 Å². The van der Waals surface area contributed by atoms with Crippen molar-refractivity contribution < 1.29 is 9.13 Å². The van der Waals surface area contributed by atoms with Gasteiger partial charge in [-0.05, 0) is 66.5 Å². The Balaban J connectivity index is 1.59. The van der Waals surface area contributed by atoms with Crippen molar-refractivity contribution in [3.05, 3.63) is 53.8 Å². The van der Waals surface area contributed by atoms with Crippen molar-refractivity contribution in [1.29, 1.82) is 0 Å². The SMILES string of the molecule is Cc1ccc(-c2ccc(OCC3CCC(C)CC3)cc2)cc1F. The van der Waals surface area contributed by atoms with Crippen LogP contribution in [0.1, 0.15) is 38.2 Å². The zero-order chi connectivity index (χ0) is 16.2. The third-order valence-electron chi connectivity index (χ3n) is 4.98. The average Bonchev–Trinajstić information content (AvgIpc) is 2.57. The molecule has 2 heteroatoms. The minimum Gasteiger partial charge on any atom is -0.493 e. The van der Waals surface area contributed by atoms with Gasteiger partial charge >= 0.3 is 0 Å². The molecule has 0 heterocycles. The molecule has 0 aromatic heterocycles. The second-order valence-corrected chi connectivity index (χ2v) is 6.93. The van der Waals surface area contributed by atoms with Gasteiger partial charge in [-0.25, -0.2) is 4.39 Å². The first-order valence-corrected chi connectivity index (χ1v) is 8.61. The lowest BCUT2D eigenvalue weighted by molar-refractivity contribution is 0.188. The fourth-order valence-corrected chi connectivity index (χ4v) is 3.23. The van der Waals surface area contributed by atoms with E-state index in [4.69, 9.17) is 4.74 Å². The number of hydrogen-bond acceptors (Lipinski definition) is 1. The molecule has 1 fully saturated rings. The van der Waals surface area contributed by atoms with E-state index in [2.05, 4.69) is 6.92 Å². The average molecular weight is 312 g/mol. The monoisotopic (exact) mass is 312 g/mol. The molecule has 0 unspecified atom stereocenters. The number of aryl methyl sites for hydroxylation is 1. The Bertz CT molecular complexity index is 639. The predicted molar refractivity (Wildman–Crippen MR) is 93.2 cm³/mol. The van der Waals surface area contributed by atoms with E-state index in [1.165, 1.54) is 25.7 Å². The maximum atomic E-state index is 13.7. The van der Waals surface area contributed by atoms with Gasteiger partial charge in [0, 0.05) is 0 Å². The van der Waals surface area contributed by atoms with Crippen molar-refractivity contribution in [1.82, 2.24) is 0 Å². The number of benzene rings is 2. The number of ether oxygens (including phenoxy) is 1. The normalized spacial score (nSPS) is 21.2. The molecule has 0 N–H and O–H groups in total. The van der Waals surface area contributed by atoms with Crippen LogP contribution in [0.3, 0.4) is 0 Å². The Morgan fingerprint density at radius 3 is 2.26 bits per heavy atom. The molecule has 0 radical (unpaired) electrons. The second-order valence-electron chi connectivity index (χ2n) is 6.93. The molecule has 2 aromatic rings. The van der Waals surface area contributed by atoms with E-state index in [1.807, 2.05) is 36.4 Å². The highest BCUT2D eigenvalue weighted by molar-refractivity contribution is 5.64. The molecule has 0 bridgehead atoms. The lowest BCUT2D eigenvalue weighted by atomic mass is 9.83. The summed E-state index contributed by atoms with van der Waals surface area (Å²) in [7, 11) is 0. The number of hydrogen-bond donors (Lipinski definition) is 0. The van der Waals surface area contributed by atoms with Crippen molar-refractivity contribution in [2.45, 2.75) is 39.5 Å². The smallest absolute Gasteiger partial charge is 0.126 e. The Kier molecular flexibility index (Phi) is 5.00. The van der Waals surface area contributed by atoms with Crippen LogP contribution >= 0.6 is 0 Å². The quantitative estimate of drug-likeness (QED) is 0.672. The largest absolute Gasteiger partial charge is 0.493 e. The molecular formula is C21H25FO. The van der Waals surface area contributed by atoms with Gasteiger partial charge in [0.2, 0.25) is 0 Å². The Morgan fingerprint density at radius 2 is 1.61 bits per heavy atom. The molecule has 0 saturated heterocycles. The molecule has 1 saturated carbocycles. The summed E-state index contributed by atoms with van der Waals surface area (Å²) in [6, 6.07) is 13.3. The summed E-state index contributed by atoms with van der Waals surface area (Å²) in [5, 5.41) is 0. The van der Waals surface area contributed by atoms with E-state index in [0.717, 1.165) is 29.4 Å². The second kappa shape index (κ2) is 7.16. The molecule has 0 aliphatic heterocycles. The van der Waals surface area contributed by atoms with E-state index in [-0.39, 0.29) is 5.82 Å². The fraction of sp³-hybridized carbons (Fsp3) is 0.429. The summed E-state index contributed by atoms with van der Waals surface area (Å²) in [6.45, 7) is 4.93. The van der Waals surface area contributed by atoms with Gasteiger partial charge in [0.25, 0.3) is 0 Å². The molecule has 1 nitrogen and oxygen atoms in total. The molecule has 1 aliphatic rings. The van der Waals surface area contributed by atoms with Crippen LogP contribution in [-0.2, 0) is 0 Å². The molecule has 3 rings (SSSR count). The predicted octanol–water partition coefficient (Wildman–Crippen LogP) is 6.01. The molecule has 2 aromatic carbocycles. The highest BCUT2D eigenvalue weighted by atomic mass is 19.1. The third-order valence-corrected chi connectivity index (χ3v) is 4.98. The van der Waals surface area contributed by atoms with Crippen molar-refractivity contribution in [3.8, 4) is 16.9 Å². The maximum Gasteiger partial charge on any atom is 0.126 e. The summed E-state index contributed by atoms with van der Waals surface area (Å²) >= 11 is 0. The van der Waals surface area contributed by atoms with Crippen LogP contribution in [0.5, 0.6) is 5.75 Å². The van der Waals surface area contributed by atoms with E-state index >= 15 is 0 Å². The minimum absolute atomic E-state index is 0.158. The van der Waals surface area contributed by atoms with Crippen molar-refractivity contribution in [3.63, 3.8) is 0 Å². The van der Waals surface area contributed by atoms with E-state index in [0.29, 0.717) is 11.5 Å². The number of rotatable bonds is 4. The van der Waals surface area contributed by atoms with Crippen LogP contribution in [0, 0.1) is 24.6 Å². The van der Waals surface area contributed by atoms with Gasteiger partial charge in [-0.3, -0.25) is 0 Å². The summed E-state index contributed by atoms with van der Waals surface area (Å²) in [4.78, 5) is 0. The van der Waals surface area contributed by atoms with Crippen LogP contribution in [-0.4, -0.2) is 6.61 Å². The molecule has 1 aliphatic carbocycles. The zero-order valence-corrected chi connectivity index (χ0v) is 14.0. The van der Waals surface area contributed by atoms with Gasteiger partial charge in [0.1, 0.15) is 11.6 Å². The highest BCUT2D eigenvalue weighted by Gasteiger charge is 2.18. The van der Waals surface area contributed by atoms with Crippen LogP contribution in [0.4, 0.5) is 4.39 Å². The van der Waals surface area contributed by atoms with Crippen LogP contribution in [0.15, 0.2) is 42.5 Å². The Labute approximate surface area is 138 Å². The molecule has 0 spiro atoms. The standard InChI is InChI=1S/C21H25FO/c1-15-3-6-17(7-4-15)14-23-20-11-9-18(10-12-20)19-8-5-16(2)21(22)13-19/h5,8-13,15,17H,3-4,6-7,14H2,1-2H3. The van der Waals surface area contributed by atoms with Gasteiger partial charge in [-0.2, -0.15) is 0 Å². The summed E-state index contributed by atoms with van der Waals surface area (Å²) in [6.07, 6.45) is 5.21. The van der Waals surface area contributed by atoms with Crippen molar-refractivity contribution in [2.24, 2.45) is 11.8 Å². The molecule has 0 amide bonds. The summed E-state index contributed by atoms with van der Waals surface area (Å²) in [5.74, 6) is 2.31. The zero-order valence-electron chi connectivity index (χ0n) is 14.0. The first kappa shape index (κ1) is 16.0. The molecular weight excluding hydrogens is 287 g/mol. The topological polar surface area (TPSA) is 9.23 Å². The molecule has 0 atom stereocenters. The molecule has 23 heavy (non-hydrogen) atoms. The van der Waals surface area contributed by atoms with Crippen LogP contribution in [0.2, 0.25) is 0 Å². The van der Waals surface area contributed by atoms with Gasteiger partial charge in [-0.1, -0.05) is 44.0 Å². The Morgan fingerprint density at radius 1 is 0.957 bits per heavy atom. The van der Waals surface area contributed by atoms with E-state index < -0.39 is 0 Å². The fourth-order valence-electron chi connectivity index (χ4n) is 3.23. The third kappa shape index (κ3) is 4.13. The van der Waals surface area contributed by atoms with Crippen molar-refractivity contribution in [2.75, 3.05) is 6.61 Å². The van der Waals surface area contributed by atoms with Crippen LogP contribution in [0.25, 0.3) is 11.1 Å². The van der Waals surface area contributed by atoms with Crippen LogP contribution < -0.4 is 4.74 Å². The van der Waals surface area contributed by atoms with E-state index in [9.17, 15) is 4.39 Å². The lowest BCUT2D eigenvalue weighted by Gasteiger charge is -2.26. The van der Waals surface area contributed by atoms with Gasteiger partial charge in [0.15, 0.2) is 0 Å². The van der Waals surface area contributed by atoms with Gasteiger partial charge in [-0.15, -0.1) is 0 Å². The van der Waals surface area contributed by atoms with Gasteiger partial charge in [0.05, 0.1) is 6.61 Å². The summed E-state index contributed by atoms with van der Waals surface area (Å²) < 4.78 is 19.6. The van der Waals surface area contributed by atoms with Crippen molar-refractivity contribution >= 4 is 0 Å². The first-order chi connectivity index (χ1) is 11.1. The minimum atomic E-state index is -0.158. The van der Waals surface area contributed by atoms with Gasteiger partial charge < -0.3 is 4.74 Å². The highest BCUT2D eigenvalue weighted by Crippen LogP contribution is 2.29. The summed E-state index contributed by atoms with van der Waals surface area (Å²) in [5.41, 5.74) is 2.60. The maximum absolute atomic E-state index is 13.7.